The zero-order valence-corrected chi connectivity index (χ0v) is 16.2. The number of hydrogen-bond acceptors (Lipinski definition) is 5. The second-order valence-corrected chi connectivity index (χ2v) is 6.93. The third kappa shape index (κ3) is 5.00. The Balaban J connectivity index is 1.62. The van der Waals surface area contributed by atoms with Gasteiger partial charge in [0.15, 0.2) is 6.61 Å². The number of rotatable bonds is 5. The number of alkyl halides is 3. The minimum absolute atomic E-state index is 0.108. The number of halogens is 3. The van der Waals surface area contributed by atoms with Crippen LogP contribution >= 0.6 is 0 Å². The van der Waals surface area contributed by atoms with Crippen LogP contribution < -0.4 is 9.64 Å². The summed E-state index contributed by atoms with van der Waals surface area (Å²) in [5.74, 6) is 0.362. The van der Waals surface area contributed by atoms with Gasteiger partial charge in [-0.15, -0.1) is 0 Å². The molecule has 1 amide bonds. The van der Waals surface area contributed by atoms with E-state index in [9.17, 15) is 28.1 Å². The molecule has 0 atom stereocenters. The third-order valence-electron chi connectivity index (χ3n) is 4.82. The fourth-order valence-corrected chi connectivity index (χ4v) is 3.25. The normalized spacial score (nSPS) is 14.5. The predicted octanol–water partition coefficient (Wildman–Crippen LogP) is 3.65. The molecule has 1 aliphatic heterocycles. The zero-order valence-electron chi connectivity index (χ0n) is 16.2. The molecule has 0 aliphatic carbocycles. The number of carbonyl (C=O) groups is 1. The summed E-state index contributed by atoms with van der Waals surface area (Å²) < 4.78 is 44.1. The van der Waals surface area contributed by atoms with Gasteiger partial charge in [0.2, 0.25) is 0 Å². The standard InChI is InChI=1S/C20H20F3N3O4/c1-14-3-2-4-16(11-14)30-13-19(27)25-9-7-24(8-10-25)17-6-5-15(20(21,22)23)12-18(17)26(28)29/h2-6,11-12H,7-10,13H2,1H3. The molecule has 1 saturated heterocycles. The Labute approximate surface area is 170 Å². The summed E-state index contributed by atoms with van der Waals surface area (Å²) in [6, 6.07) is 9.79. The molecule has 1 heterocycles. The molecule has 0 aromatic heterocycles. The van der Waals surface area contributed by atoms with E-state index in [4.69, 9.17) is 4.74 Å². The molecule has 3 rings (SSSR count). The van der Waals surface area contributed by atoms with Crippen LogP contribution in [0.4, 0.5) is 24.5 Å². The van der Waals surface area contributed by atoms with Gasteiger partial charge < -0.3 is 14.5 Å². The molecule has 0 unspecified atom stereocenters. The largest absolute Gasteiger partial charge is 0.484 e. The molecular formula is C20H20F3N3O4. The molecule has 0 N–H and O–H groups in total. The number of nitro benzene ring substituents is 1. The lowest BCUT2D eigenvalue weighted by Gasteiger charge is -2.35. The van der Waals surface area contributed by atoms with E-state index in [0.717, 1.165) is 17.7 Å². The van der Waals surface area contributed by atoms with E-state index in [0.29, 0.717) is 11.8 Å². The number of amides is 1. The van der Waals surface area contributed by atoms with Crippen LogP contribution in [-0.2, 0) is 11.0 Å². The minimum atomic E-state index is -4.66. The molecule has 160 valence electrons. The number of benzene rings is 2. The first-order valence-corrected chi connectivity index (χ1v) is 9.23. The highest BCUT2D eigenvalue weighted by atomic mass is 19.4. The van der Waals surface area contributed by atoms with E-state index in [1.54, 1.807) is 15.9 Å². The fraction of sp³-hybridized carbons (Fsp3) is 0.350. The number of hydrogen-bond donors (Lipinski definition) is 0. The predicted molar refractivity (Wildman–Crippen MR) is 104 cm³/mol. The maximum absolute atomic E-state index is 12.9. The summed E-state index contributed by atoms with van der Waals surface area (Å²) in [5, 5.41) is 11.3. The Morgan fingerprint density at radius 2 is 1.83 bits per heavy atom. The fourth-order valence-electron chi connectivity index (χ4n) is 3.25. The molecule has 30 heavy (non-hydrogen) atoms. The number of ether oxygens (including phenoxy) is 1. The summed E-state index contributed by atoms with van der Waals surface area (Å²) in [4.78, 5) is 26.0. The van der Waals surface area contributed by atoms with Crippen molar-refractivity contribution in [3.63, 3.8) is 0 Å². The van der Waals surface area contributed by atoms with Crippen molar-refractivity contribution in [1.29, 1.82) is 0 Å². The smallest absolute Gasteiger partial charge is 0.416 e. The van der Waals surface area contributed by atoms with Gasteiger partial charge in [-0.3, -0.25) is 14.9 Å². The highest BCUT2D eigenvalue weighted by molar-refractivity contribution is 5.78. The van der Waals surface area contributed by atoms with Crippen LogP contribution in [-0.4, -0.2) is 48.5 Å². The number of carbonyl (C=O) groups excluding carboxylic acids is 1. The summed E-state index contributed by atoms with van der Waals surface area (Å²) in [6.45, 7) is 2.88. The van der Waals surface area contributed by atoms with Crippen molar-refractivity contribution < 1.29 is 27.6 Å². The van der Waals surface area contributed by atoms with E-state index >= 15 is 0 Å². The molecule has 2 aromatic carbocycles. The summed E-state index contributed by atoms with van der Waals surface area (Å²) in [7, 11) is 0. The first-order chi connectivity index (χ1) is 14.1. The van der Waals surface area contributed by atoms with Gasteiger partial charge in [0.25, 0.3) is 11.6 Å². The van der Waals surface area contributed by atoms with E-state index in [-0.39, 0.29) is 44.4 Å². The first-order valence-electron chi connectivity index (χ1n) is 9.23. The highest BCUT2D eigenvalue weighted by Crippen LogP contribution is 2.36. The van der Waals surface area contributed by atoms with Gasteiger partial charge in [-0.2, -0.15) is 13.2 Å². The number of anilines is 1. The van der Waals surface area contributed by atoms with Crippen LogP contribution in [0.5, 0.6) is 5.75 Å². The Morgan fingerprint density at radius 1 is 1.13 bits per heavy atom. The molecule has 0 bridgehead atoms. The van der Waals surface area contributed by atoms with Crippen molar-refractivity contribution >= 4 is 17.3 Å². The van der Waals surface area contributed by atoms with Crippen molar-refractivity contribution in [2.75, 3.05) is 37.7 Å². The van der Waals surface area contributed by atoms with Crippen molar-refractivity contribution in [2.24, 2.45) is 0 Å². The third-order valence-corrected chi connectivity index (χ3v) is 4.82. The Hall–Kier alpha value is -3.30. The Bertz CT molecular complexity index is 941. The molecular weight excluding hydrogens is 403 g/mol. The molecule has 0 spiro atoms. The summed E-state index contributed by atoms with van der Waals surface area (Å²) in [5.41, 5.74) is -0.560. The minimum Gasteiger partial charge on any atom is -0.484 e. The van der Waals surface area contributed by atoms with Gasteiger partial charge >= 0.3 is 6.18 Å². The van der Waals surface area contributed by atoms with Crippen LogP contribution in [0.3, 0.4) is 0 Å². The van der Waals surface area contributed by atoms with Crippen molar-refractivity contribution in [1.82, 2.24) is 4.90 Å². The second-order valence-electron chi connectivity index (χ2n) is 6.93. The van der Waals surface area contributed by atoms with Crippen molar-refractivity contribution in [3.05, 3.63) is 63.7 Å². The topological polar surface area (TPSA) is 75.9 Å². The highest BCUT2D eigenvalue weighted by Gasteiger charge is 2.34. The van der Waals surface area contributed by atoms with Gasteiger partial charge in [0.05, 0.1) is 10.5 Å². The Morgan fingerprint density at radius 3 is 2.43 bits per heavy atom. The SMILES string of the molecule is Cc1cccc(OCC(=O)N2CCN(c3ccc(C(F)(F)F)cc3[N+](=O)[O-])CC2)c1. The maximum atomic E-state index is 12.9. The first kappa shape index (κ1) is 21.4. The van der Waals surface area contributed by atoms with Gasteiger partial charge in [-0.05, 0) is 36.8 Å². The number of nitro groups is 1. The van der Waals surface area contributed by atoms with Crippen LogP contribution in [0.1, 0.15) is 11.1 Å². The second kappa shape index (κ2) is 8.60. The van der Waals surface area contributed by atoms with Gasteiger partial charge in [-0.1, -0.05) is 12.1 Å². The van der Waals surface area contributed by atoms with E-state index in [1.165, 1.54) is 0 Å². The molecule has 1 aliphatic rings. The Kier molecular flexibility index (Phi) is 6.14. The van der Waals surface area contributed by atoms with E-state index < -0.39 is 22.4 Å². The zero-order chi connectivity index (χ0) is 21.9. The molecule has 1 fully saturated rings. The molecule has 2 aromatic rings. The van der Waals surface area contributed by atoms with Gasteiger partial charge in [-0.25, -0.2) is 0 Å². The molecule has 0 radical (unpaired) electrons. The monoisotopic (exact) mass is 423 g/mol. The number of nitrogens with zero attached hydrogens (tertiary/aromatic N) is 3. The van der Waals surface area contributed by atoms with Crippen LogP contribution in [0.15, 0.2) is 42.5 Å². The molecule has 7 nitrogen and oxygen atoms in total. The van der Waals surface area contributed by atoms with Crippen LogP contribution in [0.2, 0.25) is 0 Å². The maximum Gasteiger partial charge on any atom is 0.416 e. The quantitative estimate of drug-likeness (QED) is 0.542. The average Bonchev–Trinajstić information content (AvgIpc) is 2.71. The summed E-state index contributed by atoms with van der Waals surface area (Å²) >= 11 is 0. The van der Waals surface area contributed by atoms with Crippen molar-refractivity contribution in [2.45, 2.75) is 13.1 Å². The average molecular weight is 423 g/mol. The van der Waals surface area contributed by atoms with Crippen molar-refractivity contribution in [3.8, 4) is 5.75 Å². The molecule has 10 heteroatoms. The van der Waals surface area contributed by atoms with E-state index in [2.05, 4.69) is 0 Å². The summed E-state index contributed by atoms with van der Waals surface area (Å²) in [6.07, 6.45) is -4.66. The van der Waals surface area contributed by atoms with Crippen LogP contribution in [0, 0.1) is 17.0 Å². The molecule has 0 saturated carbocycles. The van der Waals surface area contributed by atoms with Crippen LogP contribution in [0.25, 0.3) is 0 Å². The van der Waals surface area contributed by atoms with E-state index in [1.807, 2.05) is 25.1 Å². The van der Waals surface area contributed by atoms with Gasteiger partial charge in [0.1, 0.15) is 11.4 Å². The van der Waals surface area contributed by atoms with Gasteiger partial charge in [0, 0.05) is 32.2 Å². The lowest BCUT2D eigenvalue weighted by molar-refractivity contribution is -0.384. The lowest BCUT2D eigenvalue weighted by atomic mass is 10.1. The number of piperazine rings is 1. The number of aryl methyl sites for hydroxylation is 1. The lowest BCUT2D eigenvalue weighted by Crippen LogP contribution is -2.50.